The summed E-state index contributed by atoms with van der Waals surface area (Å²) in [6.45, 7) is 6.03. The molecule has 1 unspecified atom stereocenters. The average molecular weight is 400 g/mol. The fourth-order valence-electron chi connectivity index (χ4n) is 4.30. The van der Waals surface area contributed by atoms with Crippen LogP contribution < -0.4 is 0 Å². The minimum absolute atomic E-state index is 0.0546. The molecule has 0 aliphatic carbocycles. The van der Waals surface area contributed by atoms with Crippen LogP contribution in [0.25, 0.3) is 11.1 Å². The first-order valence-corrected chi connectivity index (χ1v) is 10.8. The molecule has 0 N–H and O–H groups in total. The maximum atomic E-state index is 13.3. The third kappa shape index (κ3) is 4.77. The Morgan fingerprint density at radius 1 is 0.933 bits per heavy atom. The van der Waals surface area contributed by atoms with Gasteiger partial charge in [0.2, 0.25) is 5.91 Å². The molecule has 1 saturated heterocycles. The Labute approximate surface area is 179 Å². The number of aromatic nitrogens is 1. The molecule has 0 saturated carbocycles. The van der Waals surface area contributed by atoms with Gasteiger partial charge in [-0.15, -0.1) is 0 Å². The minimum Gasteiger partial charge on any atom is -0.341 e. The fraction of sp³-hybridized carbons (Fsp3) is 0.308. The summed E-state index contributed by atoms with van der Waals surface area (Å²) >= 11 is 0. The van der Waals surface area contributed by atoms with Crippen LogP contribution >= 0.6 is 0 Å². The van der Waals surface area contributed by atoms with Gasteiger partial charge in [-0.25, -0.2) is 0 Å². The van der Waals surface area contributed by atoms with Gasteiger partial charge in [0.05, 0.1) is 11.6 Å². The summed E-state index contributed by atoms with van der Waals surface area (Å²) in [4.78, 5) is 22.2. The maximum Gasteiger partial charge on any atom is 0.227 e. The molecule has 1 fully saturated rings. The van der Waals surface area contributed by atoms with E-state index < -0.39 is 0 Å². The number of carbonyl (C=O) groups excluding carboxylic acids is 1. The zero-order chi connectivity index (χ0) is 20.8. The highest BCUT2D eigenvalue weighted by molar-refractivity contribution is 5.80. The molecule has 4 heteroatoms. The molecule has 1 amide bonds. The van der Waals surface area contributed by atoms with Crippen LogP contribution in [0.1, 0.15) is 18.2 Å². The lowest BCUT2D eigenvalue weighted by molar-refractivity contribution is -0.134. The molecule has 1 aromatic heterocycles. The first-order valence-electron chi connectivity index (χ1n) is 10.8. The molecule has 2 heterocycles. The van der Waals surface area contributed by atoms with Crippen molar-refractivity contribution in [2.75, 3.05) is 26.2 Å². The largest absolute Gasteiger partial charge is 0.341 e. The molecule has 1 atom stereocenters. The van der Waals surface area contributed by atoms with Crippen molar-refractivity contribution in [3.63, 3.8) is 0 Å². The summed E-state index contributed by atoms with van der Waals surface area (Å²) in [5.41, 5.74) is 4.71. The molecule has 0 bridgehead atoms. The van der Waals surface area contributed by atoms with Gasteiger partial charge in [0.1, 0.15) is 0 Å². The van der Waals surface area contributed by atoms with Crippen molar-refractivity contribution in [2.24, 2.45) is 5.92 Å². The number of nitrogens with zero attached hydrogens (tertiary/aromatic N) is 3. The number of carbonyl (C=O) groups is 1. The Morgan fingerprint density at radius 2 is 1.70 bits per heavy atom. The molecule has 4 nitrogen and oxygen atoms in total. The summed E-state index contributed by atoms with van der Waals surface area (Å²) in [6.07, 6.45) is 2.59. The van der Waals surface area contributed by atoms with Gasteiger partial charge in [-0.2, -0.15) is 0 Å². The summed E-state index contributed by atoms with van der Waals surface area (Å²) in [7, 11) is 0. The van der Waals surface area contributed by atoms with E-state index in [-0.39, 0.29) is 11.8 Å². The zero-order valence-corrected chi connectivity index (χ0v) is 17.6. The van der Waals surface area contributed by atoms with Crippen LogP contribution in [0.5, 0.6) is 0 Å². The topological polar surface area (TPSA) is 36.4 Å². The number of hydrogen-bond donors (Lipinski definition) is 0. The summed E-state index contributed by atoms with van der Waals surface area (Å²) in [5.74, 6) is 0.213. The zero-order valence-electron chi connectivity index (χ0n) is 17.6. The molecule has 30 heavy (non-hydrogen) atoms. The first-order chi connectivity index (χ1) is 14.7. The van der Waals surface area contributed by atoms with Gasteiger partial charge in [-0.05, 0) is 42.2 Å². The Bertz CT molecular complexity index is 958. The van der Waals surface area contributed by atoms with Crippen molar-refractivity contribution in [3.05, 3.63) is 90.3 Å². The standard InChI is InChI=1S/C26H29N3O/c1-2-29-17-16-28(20-24-13-8-9-15-27-24)19-23(26(29)30)18-22-12-6-7-14-25(22)21-10-4-3-5-11-21/h3-15,23H,2,16-20H2,1H3. The molecule has 2 aromatic carbocycles. The fourth-order valence-corrected chi connectivity index (χ4v) is 4.30. The predicted molar refractivity (Wildman–Crippen MR) is 121 cm³/mol. The highest BCUT2D eigenvalue weighted by Crippen LogP contribution is 2.27. The molecular formula is C26H29N3O. The second-order valence-electron chi connectivity index (χ2n) is 7.90. The van der Waals surface area contributed by atoms with Crippen LogP contribution in [0.3, 0.4) is 0 Å². The van der Waals surface area contributed by atoms with Crippen molar-refractivity contribution in [2.45, 2.75) is 19.9 Å². The van der Waals surface area contributed by atoms with E-state index in [9.17, 15) is 4.79 Å². The van der Waals surface area contributed by atoms with Gasteiger partial charge in [-0.1, -0.05) is 60.7 Å². The van der Waals surface area contributed by atoms with Crippen LogP contribution in [-0.4, -0.2) is 46.9 Å². The van der Waals surface area contributed by atoms with Crippen LogP contribution in [0.2, 0.25) is 0 Å². The number of benzene rings is 2. The first kappa shape index (κ1) is 20.3. The molecule has 3 aromatic rings. The van der Waals surface area contributed by atoms with Crippen molar-refractivity contribution >= 4 is 5.91 Å². The van der Waals surface area contributed by atoms with Gasteiger partial charge in [-0.3, -0.25) is 14.7 Å². The number of hydrogen-bond acceptors (Lipinski definition) is 3. The normalized spacial score (nSPS) is 17.7. The van der Waals surface area contributed by atoms with Gasteiger partial charge >= 0.3 is 0 Å². The van der Waals surface area contributed by atoms with Gasteiger partial charge < -0.3 is 4.90 Å². The number of rotatable bonds is 6. The summed E-state index contributed by atoms with van der Waals surface area (Å²) in [5, 5.41) is 0. The second kappa shape index (κ2) is 9.68. The number of likely N-dealkylation sites (N-methyl/N-ethyl adjacent to an activating group) is 1. The van der Waals surface area contributed by atoms with E-state index in [4.69, 9.17) is 0 Å². The van der Waals surface area contributed by atoms with Crippen LogP contribution in [0, 0.1) is 5.92 Å². The molecule has 4 rings (SSSR count). The van der Waals surface area contributed by atoms with Crippen molar-refractivity contribution in [1.82, 2.24) is 14.8 Å². The smallest absolute Gasteiger partial charge is 0.227 e. The van der Waals surface area contributed by atoms with E-state index in [0.29, 0.717) is 0 Å². The highest BCUT2D eigenvalue weighted by atomic mass is 16.2. The molecular weight excluding hydrogens is 370 g/mol. The molecule has 154 valence electrons. The molecule has 0 radical (unpaired) electrons. The van der Waals surface area contributed by atoms with Gasteiger partial charge in [0.25, 0.3) is 0 Å². The SMILES string of the molecule is CCN1CCN(Cc2ccccn2)CC(Cc2ccccc2-c2ccccc2)C1=O. The predicted octanol–water partition coefficient (Wildman–Crippen LogP) is 4.27. The van der Waals surface area contributed by atoms with E-state index in [1.807, 2.05) is 29.3 Å². The number of pyridine rings is 1. The summed E-state index contributed by atoms with van der Waals surface area (Å²) in [6, 6.07) is 25.0. The minimum atomic E-state index is -0.0546. The van der Waals surface area contributed by atoms with Crippen molar-refractivity contribution < 1.29 is 4.79 Å². The monoisotopic (exact) mass is 399 g/mol. The van der Waals surface area contributed by atoms with E-state index in [0.717, 1.165) is 44.8 Å². The van der Waals surface area contributed by atoms with E-state index >= 15 is 0 Å². The lowest BCUT2D eigenvalue weighted by Crippen LogP contribution is -2.37. The van der Waals surface area contributed by atoms with E-state index in [1.165, 1.54) is 16.7 Å². The van der Waals surface area contributed by atoms with Crippen LogP contribution in [-0.2, 0) is 17.8 Å². The van der Waals surface area contributed by atoms with Crippen molar-refractivity contribution in [1.29, 1.82) is 0 Å². The van der Waals surface area contributed by atoms with Crippen LogP contribution in [0.15, 0.2) is 79.0 Å². The summed E-state index contributed by atoms with van der Waals surface area (Å²) < 4.78 is 0. The average Bonchev–Trinajstić information content (AvgIpc) is 2.94. The lowest BCUT2D eigenvalue weighted by Gasteiger charge is -2.24. The van der Waals surface area contributed by atoms with E-state index in [1.54, 1.807) is 0 Å². The molecule has 0 spiro atoms. The maximum absolute atomic E-state index is 13.3. The highest BCUT2D eigenvalue weighted by Gasteiger charge is 2.30. The Balaban J connectivity index is 1.59. The Kier molecular flexibility index (Phi) is 6.55. The molecule has 1 aliphatic rings. The van der Waals surface area contributed by atoms with E-state index in [2.05, 4.69) is 71.4 Å². The van der Waals surface area contributed by atoms with Crippen LogP contribution in [0.4, 0.5) is 0 Å². The third-order valence-electron chi connectivity index (χ3n) is 5.89. The van der Waals surface area contributed by atoms with Gasteiger partial charge in [0, 0.05) is 38.9 Å². The third-order valence-corrected chi connectivity index (χ3v) is 5.89. The second-order valence-corrected chi connectivity index (χ2v) is 7.90. The quantitative estimate of drug-likeness (QED) is 0.621. The Morgan fingerprint density at radius 3 is 2.47 bits per heavy atom. The Hall–Kier alpha value is -2.98. The molecule has 1 aliphatic heterocycles. The van der Waals surface area contributed by atoms with Gasteiger partial charge in [0.15, 0.2) is 0 Å². The van der Waals surface area contributed by atoms with Crippen molar-refractivity contribution in [3.8, 4) is 11.1 Å². The lowest BCUT2D eigenvalue weighted by atomic mass is 9.91. The number of amides is 1.